The zero-order valence-corrected chi connectivity index (χ0v) is 21.4. The Morgan fingerprint density at radius 1 is 1.26 bits per heavy atom. The van der Waals surface area contributed by atoms with Gasteiger partial charge in [0.2, 0.25) is 5.76 Å². The lowest BCUT2D eigenvalue weighted by Gasteiger charge is -2.65. The first-order valence-electron chi connectivity index (χ1n) is 12.4. The molecule has 0 aliphatic heterocycles. The lowest BCUT2D eigenvalue weighted by atomic mass is 9.39. The second-order valence-corrected chi connectivity index (χ2v) is 11.8. The Balaban J connectivity index is 1.61. The van der Waals surface area contributed by atoms with Gasteiger partial charge in [-0.1, -0.05) is 39.3 Å². The van der Waals surface area contributed by atoms with Gasteiger partial charge in [0, 0.05) is 22.2 Å². The zero-order chi connectivity index (χ0) is 25.4. The van der Waals surface area contributed by atoms with Crippen LogP contribution in [0.2, 0.25) is 0 Å². The molecule has 8 atom stereocenters. The van der Waals surface area contributed by atoms with Gasteiger partial charge in [0.25, 0.3) is 0 Å². The predicted octanol–water partition coefficient (Wildman–Crippen LogP) is 4.90. The van der Waals surface area contributed by atoms with E-state index in [9.17, 15) is 19.5 Å². The van der Waals surface area contributed by atoms with Gasteiger partial charge in [-0.3, -0.25) is 9.59 Å². The van der Waals surface area contributed by atoms with Crippen LogP contribution in [0.25, 0.3) is 0 Å². The van der Waals surface area contributed by atoms with Crippen LogP contribution in [0.5, 0.6) is 0 Å². The monoisotopic (exact) mass is 500 g/mol. The van der Waals surface area contributed by atoms with E-state index in [0.29, 0.717) is 6.42 Å². The first kappa shape index (κ1) is 24.5. The number of ether oxygens (including phenoxy) is 1. The van der Waals surface area contributed by atoms with E-state index in [1.165, 1.54) is 12.3 Å². The highest BCUT2D eigenvalue weighted by Crippen LogP contribution is 2.73. The number of carbonyl (C=O) groups is 3. The number of ketones is 2. The van der Waals surface area contributed by atoms with Crippen LogP contribution in [0.15, 0.2) is 46.6 Å². The van der Waals surface area contributed by atoms with E-state index in [1.54, 1.807) is 18.2 Å². The molecule has 4 aliphatic carbocycles. The molecule has 5 rings (SSSR count). The maximum absolute atomic E-state index is 13.6. The number of rotatable bonds is 4. The normalized spacial score (nSPS) is 44.2. The third kappa shape index (κ3) is 2.96. The van der Waals surface area contributed by atoms with Gasteiger partial charge in [0.05, 0.1) is 18.2 Å². The number of hydrogen-bond acceptors (Lipinski definition) is 6. The van der Waals surface area contributed by atoms with Gasteiger partial charge in [-0.05, 0) is 61.8 Å². The molecule has 0 aromatic carbocycles. The molecule has 0 bridgehead atoms. The lowest BCUT2D eigenvalue weighted by molar-refractivity contribution is -0.207. The Hall–Kier alpha value is -2.18. The van der Waals surface area contributed by atoms with E-state index in [1.807, 2.05) is 19.9 Å². The summed E-state index contributed by atoms with van der Waals surface area (Å²) in [5.74, 6) is -1.50. The summed E-state index contributed by atoms with van der Waals surface area (Å²) in [6, 6.07) is 3.11. The average Bonchev–Trinajstić information content (AvgIpc) is 3.42. The van der Waals surface area contributed by atoms with E-state index in [0.717, 1.165) is 18.4 Å². The average molecular weight is 501 g/mol. The van der Waals surface area contributed by atoms with Crippen molar-refractivity contribution in [3.05, 3.63) is 48.0 Å². The van der Waals surface area contributed by atoms with Crippen molar-refractivity contribution in [1.29, 1.82) is 0 Å². The lowest BCUT2D eigenvalue weighted by Crippen LogP contribution is -2.67. The molecule has 188 valence electrons. The number of allylic oxidation sites excluding steroid dienone is 4. The number of hydrogen-bond donors (Lipinski definition) is 1. The van der Waals surface area contributed by atoms with Crippen LogP contribution in [0.1, 0.15) is 63.9 Å². The molecule has 0 radical (unpaired) electrons. The second-order valence-electron chi connectivity index (χ2n) is 11.6. The molecular weight excluding hydrogens is 468 g/mol. The number of halogens is 1. The largest absolute Gasteiger partial charge is 0.457 e. The molecule has 7 heteroatoms. The van der Waals surface area contributed by atoms with Crippen LogP contribution in [0.4, 0.5) is 0 Å². The molecule has 0 spiro atoms. The molecule has 0 unspecified atom stereocenters. The van der Waals surface area contributed by atoms with Gasteiger partial charge in [0.15, 0.2) is 17.2 Å². The number of aliphatic hydroxyl groups is 1. The summed E-state index contributed by atoms with van der Waals surface area (Å²) in [6.45, 7) is 8.17. The minimum Gasteiger partial charge on any atom is -0.457 e. The predicted molar refractivity (Wildman–Crippen MR) is 130 cm³/mol. The summed E-state index contributed by atoms with van der Waals surface area (Å²) in [5, 5.41) is 11.9. The number of carbonyl (C=O) groups excluding carboxylic acids is 3. The van der Waals surface area contributed by atoms with Crippen molar-refractivity contribution in [2.24, 2.45) is 34.0 Å². The molecule has 3 fully saturated rings. The first-order valence-corrected chi connectivity index (χ1v) is 13.0. The van der Waals surface area contributed by atoms with Crippen molar-refractivity contribution in [2.75, 3.05) is 5.88 Å². The van der Waals surface area contributed by atoms with E-state index >= 15 is 0 Å². The van der Waals surface area contributed by atoms with Crippen molar-refractivity contribution in [1.82, 2.24) is 0 Å². The molecule has 1 N–H and O–H groups in total. The van der Waals surface area contributed by atoms with Crippen LogP contribution in [0, 0.1) is 34.0 Å². The minimum atomic E-state index is -1.47. The number of Topliss-reactive ketones (excluding diaryl/α,β-unsaturated/α-hetero) is 1. The molecule has 1 aromatic heterocycles. The number of alkyl halides is 1. The standard InChI is InChI=1S/C28H33ClO6/c1-16-12-20-19-8-7-17-13-18(30)9-10-25(17,2)27(19,4)22(31)14-26(20,3)28(16,23(32)15-29)35-24(33)21-6-5-11-34-21/h5-6,9-11,13,16,19-20,22,31H,7-8,12,14-15H2,1-4H3/t16-,19+,20+,22+,25+,26+,27-,28+/m1/s1. The fourth-order valence-electron chi connectivity index (χ4n) is 8.52. The second kappa shape index (κ2) is 7.91. The fraction of sp³-hybridized carbons (Fsp3) is 0.607. The number of esters is 1. The van der Waals surface area contributed by atoms with Crippen molar-refractivity contribution in [3.8, 4) is 0 Å². The molecule has 0 amide bonds. The molecular formula is C28H33ClO6. The molecule has 6 nitrogen and oxygen atoms in total. The van der Waals surface area contributed by atoms with Gasteiger partial charge in [-0.2, -0.15) is 0 Å². The van der Waals surface area contributed by atoms with Gasteiger partial charge >= 0.3 is 5.97 Å². The summed E-state index contributed by atoms with van der Waals surface area (Å²) in [5.41, 5.74) is -2.23. The molecule has 35 heavy (non-hydrogen) atoms. The maximum atomic E-state index is 13.6. The van der Waals surface area contributed by atoms with Gasteiger partial charge in [0.1, 0.15) is 0 Å². The molecule has 1 heterocycles. The van der Waals surface area contributed by atoms with Crippen molar-refractivity contribution in [3.63, 3.8) is 0 Å². The van der Waals surface area contributed by atoms with E-state index in [4.69, 9.17) is 20.8 Å². The number of furan rings is 1. The number of aliphatic hydroxyl groups excluding tert-OH is 1. The third-order valence-electron chi connectivity index (χ3n) is 10.5. The molecule has 3 saturated carbocycles. The molecule has 1 aromatic rings. The van der Waals surface area contributed by atoms with Crippen molar-refractivity contribution < 1.29 is 28.6 Å². The highest BCUT2D eigenvalue weighted by molar-refractivity contribution is 6.29. The molecule has 0 saturated heterocycles. The minimum absolute atomic E-state index is 0.0132. The van der Waals surface area contributed by atoms with Gasteiger partial charge in [-0.25, -0.2) is 4.79 Å². The third-order valence-corrected chi connectivity index (χ3v) is 10.7. The van der Waals surface area contributed by atoms with Crippen LogP contribution in [-0.4, -0.2) is 40.2 Å². The summed E-state index contributed by atoms with van der Waals surface area (Å²) in [4.78, 5) is 38.9. The Kier molecular flexibility index (Phi) is 5.54. The van der Waals surface area contributed by atoms with Crippen LogP contribution in [0.3, 0.4) is 0 Å². The Labute approximate surface area is 210 Å². The van der Waals surface area contributed by atoms with Gasteiger partial charge < -0.3 is 14.3 Å². The SMILES string of the molecule is C[C@@H]1C[C@H]2[C@@H]3CCC4=CC(=O)C=C[C@]4(C)[C@@]3(C)[C@@H](O)C[C@]2(C)[C@@]1(OC(=O)c1ccco1)C(=O)CCl. The zero-order valence-electron chi connectivity index (χ0n) is 20.7. The van der Waals surface area contributed by atoms with E-state index in [2.05, 4.69) is 13.8 Å². The summed E-state index contributed by atoms with van der Waals surface area (Å²) in [6.07, 6.45) is 8.42. The fourth-order valence-corrected chi connectivity index (χ4v) is 8.72. The van der Waals surface area contributed by atoms with E-state index in [-0.39, 0.29) is 47.4 Å². The Morgan fingerprint density at radius 2 is 2.00 bits per heavy atom. The smallest absolute Gasteiger partial charge is 0.375 e. The Bertz CT molecular complexity index is 1140. The summed E-state index contributed by atoms with van der Waals surface area (Å²) >= 11 is 6.14. The van der Waals surface area contributed by atoms with Crippen molar-refractivity contribution >= 4 is 29.1 Å². The summed E-state index contributed by atoms with van der Waals surface area (Å²) in [7, 11) is 0. The first-order chi connectivity index (χ1) is 16.5. The number of fused-ring (bicyclic) bond motifs is 5. The highest BCUT2D eigenvalue weighted by Gasteiger charge is 2.75. The molecule has 4 aliphatic rings. The van der Waals surface area contributed by atoms with Crippen LogP contribution < -0.4 is 0 Å². The van der Waals surface area contributed by atoms with Crippen molar-refractivity contribution in [2.45, 2.75) is 65.1 Å². The topological polar surface area (TPSA) is 93.8 Å². The maximum Gasteiger partial charge on any atom is 0.375 e. The Morgan fingerprint density at radius 3 is 2.66 bits per heavy atom. The van der Waals surface area contributed by atoms with Gasteiger partial charge in [-0.15, -0.1) is 11.6 Å². The quantitative estimate of drug-likeness (QED) is 0.467. The van der Waals surface area contributed by atoms with Crippen LogP contribution in [-0.2, 0) is 14.3 Å². The van der Waals surface area contributed by atoms with Crippen LogP contribution >= 0.6 is 11.6 Å². The highest BCUT2D eigenvalue weighted by atomic mass is 35.5. The summed E-state index contributed by atoms with van der Waals surface area (Å²) < 4.78 is 11.4. The van der Waals surface area contributed by atoms with E-state index < -0.39 is 33.9 Å².